The van der Waals surface area contributed by atoms with Gasteiger partial charge in [-0.25, -0.2) is 0 Å². The molecule has 0 N–H and O–H groups in total. The van der Waals surface area contributed by atoms with Crippen molar-refractivity contribution in [2.24, 2.45) is 23.2 Å². The van der Waals surface area contributed by atoms with Gasteiger partial charge < -0.3 is 14.2 Å². The maximum Gasteiger partial charge on any atom is 0.175 e. The normalized spacial score (nSPS) is 39.7. The van der Waals surface area contributed by atoms with Crippen LogP contribution >= 0.6 is 0 Å². The number of aryl methyl sites for hydroxylation is 1. The molecule has 5 atom stereocenters. The Morgan fingerprint density at radius 3 is 2.77 bits per heavy atom. The first kappa shape index (κ1) is 16.6. The number of ether oxygens (including phenoxy) is 3. The van der Waals surface area contributed by atoms with Crippen molar-refractivity contribution in [1.29, 1.82) is 5.26 Å². The molecule has 1 saturated heterocycles. The smallest absolute Gasteiger partial charge is 0.175 e. The molecule has 4 nitrogen and oxygen atoms in total. The Hall–Kier alpha value is -1.57. The first-order valence-corrected chi connectivity index (χ1v) is 9.96. The van der Waals surface area contributed by atoms with Crippen molar-refractivity contribution in [2.75, 3.05) is 20.3 Å². The molecule has 3 fully saturated rings. The van der Waals surface area contributed by atoms with Gasteiger partial charge in [0.25, 0.3) is 0 Å². The lowest BCUT2D eigenvalue weighted by atomic mass is 9.53. The minimum absolute atomic E-state index is 0.0331. The first-order chi connectivity index (χ1) is 12.6. The van der Waals surface area contributed by atoms with E-state index >= 15 is 0 Å². The summed E-state index contributed by atoms with van der Waals surface area (Å²) in [6, 6.07) is 9.20. The predicted octanol–water partition coefficient (Wildman–Crippen LogP) is 4.04. The van der Waals surface area contributed by atoms with Gasteiger partial charge >= 0.3 is 0 Å². The molecule has 0 amide bonds. The van der Waals surface area contributed by atoms with Crippen LogP contribution in [0, 0.1) is 34.5 Å². The van der Waals surface area contributed by atoms with Crippen LogP contribution in [0.2, 0.25) is 0 Å². The van der Waals surface area contributed by atoms with Gasteiger partial charge in [0.15, 0.2) is 5.79 Å². The Bertz CT molecular complexity index is 763. The topological polar surface area (TPSA) is 51.5 Å². The van der Waals surface area contributed by atoms with Crippen molar-refractivity contribution in [3.05, 3.63) is 29.3 Å². The fourth-order valence-electron chi connectivity index (χ4n) is 6.80. The van der Waals surface area contributed by atoms with Crippen LogP contribution in [-0.4, -0.2) is 26.1 Å². The average Bonchev–Trinajstić information content (AvgIpc) is 3.25. The molecule has 0 unspecified atom stereocenters. The van der Waals surface area contributed by atoms with Gasteiger partial charge in [0.2, 0.25) is 0 Å². The minimum Gasteiger partial charge on any atom is -0.497 e. The van der Waals surface area contributed by atoms with Gasteiger partial charge in [-0.1, -0.05) is 13.0 Å². The zero-order valence-electron chi connectivity index (χ0n) is 15.7. The van der Waals surface area contributed by atoms with E-state index in [1.54, 1.807) is 7.11 Å². The zero-order chi connectivity index (χ0) is 17.9. The van der Waals surface area contributed by atoms with Crippen molar-refractivity contribution >= 4 is 0 Å². The van der Waals surface area contributed by atoms with Crippen molar-refractivity contribution in [1.82, 2.24) is 0 Å². The Morgan fingerprint density at radius 2 is 2.04 bits per heavy atom. The van der Waals surface area contributed by atoms with Crippen LogP contribution < -0.4 is 4.74 Å². The Labute approximate surface area is 155 Å². The second-order valence-corrected chi connectivity index (χ2v) is 8.75. The monoisotopic (exact) mass is 353 g/mol. The lowest BCUT2D eigenvalue weighted by Crippen LogP contribution is -2.51. The van der Waals surface area contributed by atoms with Gasteiger partial charge in [0.05, 0.1) is 32.3 Å². The van der Waals surface area contributed by atoms with Gasteiger partial charge in [0.1, 0.15) is 5.75 Å². The fourth-order valence-corrected chi connectivity index (χ4v) is 6.80. The molecule has 3 aliphatic carbocycles. The number of methoxy groups -OCH3 is 1. The average molecular weight is 353 g/mol. The molecule has 1 heterocycles. The quantitative estimate of drug-likeness (QED) is 0.764. The van der Waals surface area contributed by atoms with E-state index in [0.29, 0.717) is 31.0 Å². The number of benzene rings is 1. The number of nitrogens with zero attached hydrogens (tertiary/aromatic N) is 1. The summed E-state index contributed by atoms with van der Waals surface area (Å²) < 4.78 is 17.8. The van der Waals surface area contributed by atoms with Crippen molar-refractivity contribution in [2.45, 2.75) is 50.7 Å². The second-order valence-electron chi connectivity index (χ2n) is 8.75. The van der Waals surface area contributed by atoms with E-state index in [1.807, 2.05) is 0 Å². The molecule has 0 aromatic heterocycles. The molecular formula is C22H27NO3. The maximum absolute atomic E-state index is 9.94. The summed E-state index contributed by atoms with van der Waals surface area (Å²) in [4.78, 5) is 0. The molecule has 0 bridgehead atoms. The van der Waals surface area contributed by atoms with Crippen LogP contribution in [0.15, 0.2) is 18.2 Å². The number of fused-ring (bicyclic) bond motifs is 6. The Balaban J connectivity index is 1.54. The van der Waals surface area contributed by atoms with E-state index in [1.165, 1.54) is 11.1 Å². The summed E-state index contributed by atoms with van der Waals surface area (Å²) >= 11 is 0. The van der Waals surface area contributed by atoms with E-state index in [4.69, 9.17) is 14.2 Å². The Kier molecular flexibility index (Phi) is 3.64. The Morgan fingerprint density at radius 1 is 1.23 bits per heavy atom. The highest BCUT2D eigenvalue weighted by Crippen LogP contribution is 2.67. The van der Waals surface area contributed by atoms with Gasteiger partial charge in [-0.05, 0) is 66.7 Å². The highest BCUT2D eigenvalue weighted by Gasteiger charge is 2.68. The fraction of sp³-hybridized carbons (Fsp3) is 0.682. The van der Waals surface area contributed by atoms with Gasteiger partial charge in [-0.3, -0.25) is 0 Å². The largest absolute Gasteiger partial charge is 0.497 e. The molecule has 138 valence electrons. The van der Waals surface area contributed by atoms with Crippen LogP contribution in [0.25, 0.3) is 0 Å². The number of hydrogen-bond acceptors (Lipinski definition) is 4. The van der Waals surface area contributed by atoms with Crippen molar-refractivity contribution < 1.29 is 14.2 Å². The molecule has 2 saturated carbocycles. The predicted molar refractivity (Wildman–Crippen MR) is 96.7 cm³/mol. The molecule has 1 aliphatic heterocycles. The van der Waals surface area contributed by atoms with Gasteiger partial charge in [-0.2, -0.15) is 5.26 Å². The molecule has 26 heavy (non-hydrogen) atoms. The molecule has 5 rings (SSSR count). The van der Waals surface area contributed by atoms with Crippen molar-refractivity contribution in [3.8, 4) is 11.8 Å². The van der Waals surface area contributed by atoms with E-state index in [2.05, 4.69) is 31.2 Å². The molecular weight excluding hydrogens is 326 g/mol. The third-order valence-electron chi connectivity index (χ3n) is 7.90. The number of rotatable bonds is 1. The SMILES string of the molecule is COc1ccc2c(c1)CC[C@H]1[C@@H]3[C@H](C#N)CC4(OCCO4)[C@@]3(C)CC[C@H]21. The maximum atomic E-state index is 9.94. The molecule has 1 aromatic rings. The molecule has 1 aromatic carbocycles. The summed E-state index contributed by atoms with van der Waals surface area (Å²) in [6.07, 6.45) is 5.20. The highest BCUT2D eigenvalue weighted by molar-refractivity contribution is 5.41. The van der Waals surface area contributed by atoms with E-state index in [-0.39, 0.29) is 11.3 Å². The van der Waals surface area contributed by atoms with Crippen LogP contribution in [0.4, 0.5) is 0 Å². The van der Waals surface area contributed by atoms with Crippen molar-refractivity contribution in [3.63, 3.8) is 0 Å². The lowest BCUT2D eigenvalue weighted by Gasteiger charge is -2.53. The summed E-state index contributed by atoms with van der Waals surface area (Å²) in [5, 5.41) is 9.94. The molecule has 4 aliphatic rings. The van der Waals surface area contributed by atoms with Crippen LogP contribution in [-0.2, 0) is 15.9 Å². The van der Waals surface area contributed by atoms with E-state index in [9.17, 15) is 5.26 Å². The summed E-state index contributed by atoms with van der Waals surface area (Å²) in [7, 11) is 1.73. The molecule has 1 spiro atoms. The molecule has 4 heteroatoms. The van der Waals surface area contributed by atoms with Crippen LogP contribution in [0.5, 0.6) is 5.75 Å². The lowest BCUT2D eigenvalue weighted by molar-refractivity contribution is -0.237. The summed E-state index contributed by atoms with van der Waals surface area (Å²) in [5.41, 5.74) is 2.87. The number of hydrogen-bond donors (Lipinski definition) is 0. The summed E-state index contributed by atoms with van der Waals surface area (Å²) in [6.45, 7) is 3.66. The highest BCUT2D eigenvalue weighted by atomic mass is 16.7. The van der Waals surface area contributed by atoms with Crippen LogP contribution in [0.3, 0.4) is 0 Å². The first-order valence-electron chi connectivity index (χ1n) is 9.96. The minimum atomic E-state index is -0.525. The summed E-state index contributed by atoms with van der Waals surface area (Å²) in [5.74, 6) is 1.92. The third-order valence-corrected chi connectivity index (χ3v) is 7.90. The van der Waals surface area contributed by atoms with Gasteiger partial charge in [-0.15, -0.1) is 0 Å². The molecule has 0 radical (unpaired) electrons. The van der Waals surface area contributed by atoms with Gasteiger partial charge in [0, 0.05) is 11.8 Å². The second kappa shape index (κ2) is 5.71. The zero-order valence-corrected chi connectivity index (χ0v) is 15.7. The standard InChI is InChI=1S/C22H27NO3/c1-21-8-7-18-17-6-4-16(24-2)11-14(17)3-5-19(18)20(21)15(13-23)12-22(21)25-9-10-26-22/h4,6,11,15,18-20H,3,5,7-10,12H2,1-2H3/t15-,18+,19+,20-,21-/m0/s1. The third kappa shape index (κ3) is 2.02. The van der Waals surface area contributed by atoms with E-state index in [0.717, 1.165) is 37.9 Å². The number of nitriles is 1. The van der Waals surface area contributed by atoms with E-state index < -0.39 is 5.79 Å². The van der Waals surface area contributed by atoms with Crippen LogP contribution in [0.1, 0.15) is 49.7 Å².